The zero-order chi connectivity index (χ0) is 17.8. The average Bonchev–Trinajstić information content (AvgIpc) is 2.42. The molecule has 5 N–H and O–H groups in total. The number of carbonyl (C=O) groups excluding carboxylic acids is 2. The fourth-order valence-corrected chi connectivity index (χ4v) is 2.60. The maximum atomic E-state index is 12.1. The summed E-state index contributed by atoms with van der Waals surface area (Å²) < 4.78 is 11.4. The second kappa shape index (κ2) is 12.0. The molecule has 0 rings (SSSR count). The fourth-order valence-electron chi connectivity index (χ4n) is 1.81. The summed E-state index contributed by atoms with van der Waals surface area (Å²) in [7, 11) is -1.10. The van der Waals surface area contributed by atoms with E-state index in [4.69, 9.17) is 10.8 Å². The Bertz CT molecular complexity index is 429. The summed E-state index contributed by atoms with van der Waals surface area (Å²) in [5.41, 5.74) is 5.29. The molecule has 0 saturated carbocycles. The number of carbonyl (C=O) groups is 3. The molecule has 1 unspecified atom stereocenters. The molecular formula is C14H27N3O5S. The van der Waals surface area contributed by atoms with Crippen LogP contribution in [0.4, 0.5) is 0 Å². The minimum atomic E-state index is -1.10. The number of amides is 2. The van der Waals surface area contributed by atoms with Crippen LogP contribution in [-0.4, -0.2) is 57.7 Å². The van der Waals surface area contributed by atoms with Crippen LogP contribution in [0, 0.1) is 5.92 Å². The van der Waals surface area contributed by atoms with E-state index >= 15 is 0 Å². The Morgan fingerprint density at radius 1 is 1.22 bits per heavy atom. The van der Waals surface area contributed by atoms with Crippen LogP contribution in [0.5, 0.6) is 0 Å². The van der Waals surface area contributed by atoms with Gasteiger partial charge in [0.25, 0.3) is 0 Å². The predicted molar refractivity (Wildman–Crippen MR) is 88.2 cm³/mol. The summed E-state index contributed by atoms with van der Waals surface area (Å²) in [5.74, 6) is -1.02. The van der Waals surface area contributed by atoms with E-state index in [1.54, 1.807) is 0 Å². The average molecular weight is 349 g/mol. The van der Waals surface area contributed by atoms with Gasteiger partial charge < -0.3 is 21.5 Å². The molecular weight excluding hydrogens is 322 g/mol. The van der Waals surface area contributed by atoms with E-state index in [1.165, 1.54) is 0 Å². The molecule has 0 aromatic carbocycles. The topological polar surface area (TPSA) is 139 Å². The predicted octanol–water partition coefficient (Wildman–Crippen LogP) is -0.794. The Morgan fingerprint density at radius 3 is 2.39 bits per heavy atom. The number of carboxylic acids is 1. The third-order valence-electron chi connectivity index (χ3n) is 2.87. The molecule has 8 nitrogen and oxygen atoms in total. The van der Waals surface area contributed by atoms with E-state index in [-0.39, 0.29) is 43.4 Å². The number of nitrogens with two attached hydrogens (primary N) is 1. The third-order valence-corrected chi connectivity index (χ3v) is 4.22. The van der Waals surface area contributed by atoms with Gasteiger partial charge in [-0.3, -0.25) is 18.6 Å². The number of hydrogen-bond acceptors (Lipinski definition) is 5. The van der Waals surface area contributed by atoms with Gasteiger partial charge in [-0.25, -0.2) is 0 Å². The van der Waals surface area contributed by atoms with Gasteiger partial charge in [0.2, 0.25) is 11.8 Å². The standard InChI is InChI=1S/C14H27N3O5S/c1-10(2)9-12(18)17-11(3-4-13(19)20)14(21)16-6-8-23(22)7-5-15/h10-11H,3-9,15H2,1-2H3,(H,16,21)(H,17,18)(H,19,20)/t11-,23?/m1/s1. The van der Waals surface area contributed by atoms with Gasteiger partial charge in [-0.05, 0) is 12.3 Å². The second-order valence-electron chi connectivity index (χ2n) is 5.58. The smallest absolute Gasteiger partial charge is 0.303 e. The van der Waals surface area contributed by atoms with Gasteiger partial charge in [0.15, 0.2) is 0 Å². The van der Waals surface area contributed by atoms with Crippen LogP contribution in [0.2, 0.25) is 0 Å². The molecule has 0 saturated heterocycles. The first-order valence-corrected chi connectivity index (χ1v) is 9.09. The lowest BCUT2D eigenvalue weighted by molar-refractivity contribution is -0.138. The SMILES string of the molecule is CC(C)CC(=O)N[C@H](CCC(=O)O)C(=O)NCCS(=O)CCN. The zero-order valence-corrected chi connectivity index (χ0v) is 14.5. The molecule has 134 valence electrons. The van der Waals surface area contributed by atoms with Crippen molar-refractivity contribution in [2.75, 3.05) is 24.6 Å². The highest BCUT2D eigenvalue weighted by molar-refractivity contribution is 7.85. The molecule has 0 aromatic rings. The van der Waals surface area contributed by atoms with Gasteiger partial charge in [0.05, 0.1) is 0 Å². The van der Waals surface area contributed by atoms with Crippen LogP contribution in [-0.2, 0) is 25.2 Å². The van der Waals surface area contributed by atoms with Gasteiger partial charge in [-0.15, -0.1) is 0 Å². The molecule has 0 bridgehead atoms. The zero-order valence-electron chi connectivity index (χ0n) is 13.7. The quantitative estimate of drug-likeness (QED) is 0.364. The van der Waals surface area contributed by atoms with Crippen molar-refractivity contribution in [1.29, 1.82) is 0 Å². The van der Waals surface area contributed by atoms with Crippen LogP contribution in [0.25, 0.3) is 0 Å². The Morgan fingerprint density at radius 2 is 1.87 bits per heavy atom. The molecule has 0 aliphatic carbocycles. The molecule has 2 atom stereocenters. The van der Waals surface area contributed by atoms with Crippen molar-refractivity contribution in [2.24, 2.45) is 11.7 Å². The molecule has 0 heterocycles. The lowest BCUT2D eigenvalue weighted by Gasteiger charge is -2.18. The second-order valence-corrected chi connectivity index (χ2v) is 7.27. The van der Waals surface area contributed by atoms with Gasteiger partial charge in [-0.1, -0.05) is 13.8 Å². The van der Waals surface area contributed by atoms with Crippen LogP contribution in [0.1, 0.15) is 33.1 Å². The molecule has 2 amide bonds. The highest BCUT2D eigenvalue weighted by Crippen LogP contribution is 2.03. The minimum absolute atomic E-state index is 0.0108. The van der Waals surface area contributed by atoms with E-state index < -0.39 is 28.7 Å². The summed E-state index contributed by atoms with van der Waals surface area (Å²) in [6.45, 7) is 4.25. The summed E-state index contributed by atoms with van der Waals surface area (Å²) in [4.78, 5) is 34.5. The first kappa shape index (κ1) is 21.5. The van der Waals surface area contributed by atoms with Crippen LogP contribution in [0.3, 0.4) is 0 Å². The Balaban J connectivity index is 4.46. The minimum Gasteiger partial charge on any atom is -0.481 e. The maximum absolute atomic E-state index is 12.1. The number of rotatable bonds is 12. The van der Waals surface area contributed by atoms with E-state index in [0.29, 0.717) is 12.3 Å². The largest absolute Gasteiger partial charge is 0.481 e. The van der Waals surface area contributed by atoms with Gasteiger partial charge >= 0.3 is 5.97 Å². The summed E-state index contributed by atoms with van der Waals surface area (Å²) in [6.07, 6.45) is 0.0490. The summed E-state index contributed by atoms with van der Waals surface area (Å²) >= 11 is 0. The normalized spacial score (nSPS) is 13.4. The van der Waals surface area contributed by atoms with E-state index in [0.717, 1.165) is 0 Å². The molecule has 0 spiro atoms. The first-order chi connectivity index (χ1) is 10.8. The van der Waals surface area contributed by atoms with Crippen molar-refractivity contribution in [3.63, 3.8) is 0 Å². The van der Waals surface area contributed by atoms with Crippen LogP contribution >= 0.6 is 0 Å². The molecule has 9 heteroatoms. The molecule has 0 aliphatic rings. The lowest BCUT2D eigenvalue weighted by Crippen LogP contribution is -2.48. The van der Waals surface area contributed by atoms with Crippen molar-refractivity contribution in [2.45, 2.75) is 39.2 Å². The molecule has 0 radical (unpaired) electrons. The third kappa shape index (κ3) is 11.7. The van der Waals surface area contributed by atoms with E-state index in [9.17, 15) is 18.6 Å². The number of nitrogens with one attached hydrogen (secondary N) is 2. The molecule has 23 heavy (non-hydrogen) atoms. The Kier molecular flexibility index (Phi) is 11.2. The highest BCUT2D eigenvalue weighted by atomic mass is 32.2. The first-order valence-electron chi connectivity index (χ1n) is 7.60. The Labute approximate surface area is 139 Å². The number of aliphatic carboxylic acids is 1. The van der Waals surface area contributed by atoms with Crippen molar-refractivity contribution < 1.29 is 23.7 Å². The molecule has 0 aromatic heterocycles. The monoisotopic (exact) mass is 349 g/mol. The summed E-state index contributed by atoms with van der Waals surface area (Å²) in [6, 6.07) is -0.903. The van der Waals surface area contributed by atoms with E-state index in [1.807, 2.05) is 13.8 Å². The highest BCUT2D eigenvalue weighted by Gasteiger charge is 2.21. The van der Waals surface area contributed by atoms with Crippen molar-refractivity contribution in [1.82, 2.24) is 10.6 Å². The van der Waals surface area contributed by atoms with Crippen LogP contribution in [0.15, 0.2) is 0 Å². The number of hydrogen-bond donors (Lipinski definition) is 4. The van der Waals surface area contributed by atoms with Gasteiger partial charge in [0, 0.05) is 48.2 Å². The fraction of sp³-hybridized carbons (Fsp3) is 0.786. The van der Waals surface area contributed by atoms with Crippen molar-refractivity contribution in [3.05, 3.63) is 0 Å². The molecule has 0 fully saturated rings. The van der Waals surface area contributed by atoms with E-state index in [2.05, 4.69) is 10.6 Å². The van der Waals surface area contributed by atoms with Crippen molar-refractivity contribution >= 4 is 28.6 Å². The number of carboxylic acid groups (broad SMARTS) is 1. The van der Waals surface area contributed by atoms with Crippen molar-refractivity contribution in [3.8, 4) is 0 Å². The Hall–Kier alpha value is -1.48. The maximum Gasteiger partial charge on any atom is 0.303 e. The van der Waals surface area contributed by atoms with Crippen LogP contribution < -0.4 is 16.4 Å². The van der Waals surface area contributed by atoms with Gasteiger partial charge in [0.1, 0.15) is 6.04 Å². The lowest BCUT2D eigenvalue weighted by atomic mass is 10.1. The summed E-state index contributed by atoms with van der Waals surface area (Å²) in [5, 5.41) is 13.9. The van der Waals surface area contributed by atoms with Gasteiger partial charge in [-0.2, -0.15) is 0 Å². The molecule has 0 aliphatic heterocycles.